The van der Waals surface area contributed by atoms with Crippen molar-refractivity contribution in [1.29, 1.82) is 0 Å². The van der Waals surface area contributed by atoms with Crippen LogP contribution in [0, 0.1) is 5.82 Å². The van der Waals surface area contributed by atoms with Gasteiger partial charge in [0.25, 0.3) is 5.91 Å². The first-order valence-corrected chi connectivity index (χ1v) is 8.00. The third-order valence-corrected chi connectivity index (χ3v) is 4.13. The molecule has 1 saturated heterocycles. The molecule has 3 amide bonds. The van der Waals surface area contributed by atoms with Crippen molar-refractivity contribution in [3.8, 4) is 0 Å². The van der Waals surface area contributed by atoms with Gasteiger partial charge >= 0.3 is 0 Å². The maximum Gasteiger partial charge on any atom is 0.255 e. The molecule has 0 unspecified atom stereocenters. The summed E-state index contributed by atoms with van der Waals surface area (Å²) >= 11 is 5.67. The Morgan fingerprint density at radius 2 is 1.72 bits per heavy atom. The summed E-state index contributed by atoms with van der Waals surface area (Å²) in [6.45, 7) is 0.186. The number of imide groups is 1. The molecule has 1 fully saturated rings. The van der Waals surface area contributed by atoms with Crippen LogP contribution in [-0.4, -0.2) is 22.6 Å². The molecule has 2 aromatic rings. The molecule has 0 spiro atoms. The summed E-state index contributed by atoms with van der Waals surface area (Å²) in [5.74, 6) is -1.47. The molecule has 7 heteroatoms. The lowest BCUT2D eigenvalue weighted by Gasteiger charge is -2.14. The average Bonchev–Trinajstić information content (AvgIpc) is 2.90. The number of halogens is 2. The SMILES string of the molecule is O=C(Nc1ccc(Cl)cc1F)c1ccc(CN2C(=O)CCC2=O)cc1. The van der Waals surface area contributed by atoms with E-state index >= 15 is 0 Å². The second kappa shape index (κ2) is 7.03. The van der Waals surface area contributed by atoms with Crippen LogP contribution in [0.1, 0.15) is 28.8 Å². The summed E-state index contributed by atoms with van der Waals surface area (Å²) in [5.41, 5.74) is 1.10. The Morgan fingerprint density at radius 3 is 2.32 bits per heavy atom. The highest BCUT2D eigenvalue weighted by atomic mass is 35.5. The summed E-state index contributed by atoms with van der Waals surface area (Å²) < 4.78 is 13.7. The average molecular weight is 361 g/mol. The van der Waals surface area contributed by atoms with Gasteiger partial charge in [-0.3, -0.25) is 19.3 Å². The molecular formula is C18H14ClFN2O3. The molecule has 1 aliphatic rings. The van der Waals surface area contributed by atoms with Crippen LogP contribution in [0.3, 0.4) is 0 Å². The predicted octanol–water partition coefficient (Wildman–Crippen LogP) is 3.38. The van der Waals surface area contributed by atoms with Gasteiger partial charge in [0.1, 0.15) is 5.82 Å². The van der Waals surface area contributed by atoms with E-state index in [1.54, 1.807) is 24.3 Å². The van der Waals surface area contributed by atoms with E-state index in [9.17, 15) is 18.8 Å². The second-order valence-electron chi connectivity index (χ2n) is 5.65. The quantitative estimate of drug-likeness (QED) is 0.850. The lowest BCUT2D eigenvalue weighted by molar-refractivity contribution is -0.139. The minimum atomic E-state index is -0.622. The predicted molar refractivity (Wildman–Crippen MR) is 90.6 cm³/mol. The first-order valence-electron chi connectivity index (χ1n) is 7.62. The normalized spacial score (nSPS) is 14.1. The zero-order chi connectivity index (χ0) is 18.0. The molecule has 0 aliphatic carbocycles. The number of carbonyl (C=O) groups is 3. The summed E-state index contributed by atoms with van der Waals surface area (Å²) in [7, 11) is 0. The van der Waals surface area contributed by atoms with Gasteiger partial charge in [-0.05, 0) is 35.9 Å². The van der Waals surface area contributed by atoms with E-state index < -0.39 is 11.7 Å². The summed E-state index contributed by atoms with van der Waals surface area (Å²) in [6.07, 6.45) is 0.484. The molecule has 0 aromatic heterocycles. The molecule has 2 aromatic carbocycles. The second-order valence-corrected chi connectivity index (χ2v) is 6.09. The van der Waals surface area contributed by atoms with Crippen LogP contribution in [0.4, 0.5) is 10.1 Å². The van der Waals surface area contributed by atoms with E-state index in [1.807, 2.05) is 0 Å². The lowest BCUT2D eigenvalue weighted by Crippen LogP contribution is -2.28. The minimum Gasteiger partial charge on any atom is -0.319 e. The van der Waals surface area contributed by atoms with Crippen LogP contribution in [0.15, 0.2) is 42.5 Å². The third-order valence-electron chi connectivity index (χ3n) is 3.89. The van der Waals surface area contributed by atoms with Crippen molar-refractivity contribution in [2.24, 2.45) is 0 Å². The maximum absolute atomic E-state index is 13.7. The Bertz CT molecular complexity index is 836. The number of benzene rings is 2. The fraction of sp³-hybridized carbons (Fsp3) is 0.167. The molecular weight excluding hydrogens is 347 g/mol. The fourth-order valence-electron chi connectivity index (χ4n) is 2.53. The molecule has 1 aliphatic heterocycles. The number of anilines is 1. The topological polar surface area (TPSA) is 66.5 Å². The Balaban J connectivity index is 1.68. The van der Waals surface area contributed by atoms with Gasteiger partial charge in [-0.2, -0.15) is 0 Å². The van der Waals surface area contributed by atoms with E-state index in [0.29, 0.717) is 5.56 Å². The molecule has 5 nitrogen and oxygen atoms in total. The van der Waals surface area contributed by atoms with Gasteiger partial charge in [0, 0.05) is 23.4 Å². The van der Waals surface area contributed by atoms with E-state index in [1.165, 1.54) is 17.0 Å². The highest BCUT2D eigenvalue weighted by Gasteiger charge is 2.28. The van der Waals surface area contributed by atoms with Crippen molar-refractivity contribution in [2.45, 2.75) is 19.4 Å². The highest BCUT2D eigenvalue weighted by molar-refractivity contribution is 6.30. The van der Waals surface area contributed by atoms with Gasteiger partial charge in [-0.25, -0.2) is 4.39 Å². The van der Waals surface area contributed by atoms with Crippen LogP contribution in [0.25, 0.3) is 0 Å². The van der Waals surface area contributed by atoms with Gasteiger partial charge < -0.3 is 5.32 Å². The molecule has 0 atom stereocenters. The number of rotatable bonds is 4. The van der Waals surface area contributed by atoms with Gasteiger partial charge in [0.05, 0.1) is 12.2 Å². The Labute approximate surface area is 148 Å². The van der Waals surface area contributed by atoms with E-state index in [2.05, 4.69) is 5.32 Å². The zero-order valence-electron chi connectivity index (χ0n) is 13.1. The largest absolute Gasteiger partial charge is 0.319 e. The van der Waals surface area contributed by atoms with Crippen molar-refractivity contribution in [3.63, 3.8) is 0 Å². The molecule has 3 rings (SSSR count). The molecule has 0 bridgehead atoms. The number of amides is 3. The van der Waals surface area contributed by atoms with Crippen LogP contribution >= 0.6 is 11.6 Å². The maximum atomic E-state index is 13.7. The van der Waals surface area contributed by atoms with Gasteiger partial charge in [0.2, 0.25) is 11.8 Å². The third kappa shape index (κ3) is 3.85. The van der Waals surface area contributed by atoms with Gasteiger partial charge in [-0.1, -0.05) is 23.7 Å². The van der Waals surface area contributed by atoms with E-state index in [-0.39, 0.29) is 41.9 Å². The lowest BCUT2D eigenvalue weighted by atomic mass is 10.1. The highest BCUT2D eigenvalue weighted by Crippen LogP contribution is 2.20. The van der Waals surface area contributed by atoms with Crippen molar-refractivity contribution in [2.75, 3.05) is 5.32 Å². The molecule has 25 heavy (non-hydrogen) atoms. The van der Waals surface area contributed by atoms with Crippen molar-refractivity contribution >= 4 is 35.0 Å². The van der Waals surface area contributed by atoms with Crippen LogP contribution in [0.5, 0.6) is 0 Å². The molecule has 1 N–H and O–H groups in total. The number of carbonyl (C=O) groups excluding carboxylic acids is 3. The Morgan fingerprint density at radius 1 is 1.08 bits per heavy atom. The zero-order valence-corrected chi connectivity index (χ0v) is 13.8. The summed E-state index contributed by atoms with van der Waals surface area (Å²) in [6, 6.07) is 10.4. The standard InChI is InChI=1S/C18H14ClFN2O3/c19-13-5-6-15(14(20)9-13)21-18(25)12-3-1-11(2-4-12)10-22-16(23)7-8-17(22)24/h1-6,9H,7-8,10H2,(H,21,25). The summed E-state index contributed by atoms with van der Waals surface area (Å²) in [4.78, 5) is 36.6. The van der Waals surface area contributed by atoms with Crippen LogP contribution in [-0.2, 0) is 16.1 Å². The number of hydrogen-bond donors (Lipinski definition) is 1. The number of hydrogen-bond acceptors (Lipinski definition) is 3. The van der Waals surface area contributed by atoms with Crippen molar-refractivity contribution in [1.82, 2.24) is 4.90 Å². The number of likely N-dealkylation sites (tertiary alicyclic amines) is 1. The van der Waals surface area contributed by atoms with Crippen molar-refractivity contribution in [3.05, 3.63) is 64.4 Å². The van der Waals surface area contributed by atoms with Crippen LogP contribution < -0.4 is 5.32 Å². The first-order chi connectivity index (χ1) is 11.9. The number of nitrogens with one attached hydrogen (secondary N) is 1. The van der Waals surface area contributed by atoms with Gasteiger partial charge in [-0.15, -0.1) is 0 Å². The fourth-order valence-corrected chi connectivity index (χ4v) is 2.69. The van der Waals surface area contributed by atoms with Gasteiger partial charge in [0.15, 0.2) is 0 Å². The summed E-state index contributed by atoms with van der Waals surface area (Å²) in [5, 5.41) is 2.71. The molecule has 0 saturated carbocycles. The molecule has 0 radical (unpaired) electrons. The Hall–Kier alpha value is -2.73. The van der Waals surface area contributed by atoms with Crippen LogP contribution in [0.2, 0.25) is 5.02 Å². The van der Waals surface area contributed by atoms with Crippen molar-refractivity contribution < 1.29 is 18.8 Å². The molecule has 128 valence electrons. The molecule has 1 heterocycles. The van der Waals surface area contributed by atoms with E-state index in [4.69, 9.17) is 11.6 Å². The monoisotopic (exact) mass is 360 g/mol. The first kappa shape index (κ1) is 17.1. The van der Waals surface area contributed by atoms with E-state index in [0.717, 1.165) is 11.6 Å². The number of nitrogens with zero attached hydrogens (tertiary/aromatic N) is 1. The smallest absolute Gasteiger partial charge is 0.255 e. The minimum absolute atomic E-state index is 0.0340. The Kier molecular flexibility index (Phi) is 4.81.